The van der Waals surface area contributed by atoms with Gasteiger partial charge in [-0.05, 0) is 23.7 Å². The zero-order valence-corrected chi connectivity index (χ0v) is 19.5. The molecule has 1 N–H and O–H groups in total. The van der Waals surface area contributed by atoms with Crippen LogP contribution in [0.15, 0.2) is 58.5 Å². The number of rotatable bonds is 6. The summed E-state index contributed by atoms with van der Waals surface area (Å²) in [7, 11) is 3.08. The fourth-order valence-electron chi connectivity index (χ4n) is 3.92. The molecule has 2 fully saturated rings. The van der Waals surface area contributed by atoms with Gasteiger partial charge in [-0.1, -0.05) is 58.8 Å². The lowest BCUT2D eigenvalue weighted by atomic mass is 9.96. The number of carbonyl (C=O) groups is 1. The first-order valence-electron chi connectivity index (χ1n) is 10.3. The molecule has 2 aliphatic rings. The number of nitrogens with one attached hydrogen (secondary N) is 1. The molecule has 4 unspecified atom stereocenters. The van der Waals surface area contributed by atoms with Crippen LogP contribution in [0.1, 0.15) is 22.2 Å². The fourth-order valence-corrected chi connectivity index (χ4v) is 5.50. The highest BCUT2D eigenvalue weighted by Gasteiger charge is 2.50. The van der Waals surface area contributed by atoms with Crippen LogP contribution in [0.2, 0.25) is 5.02 Å². The van der Waals surface area contributed by atoms with Gasteiger partial charge in [-0.3, -0.25) is 4.79 Å². The molecular formula is C22H23ClN4O5S. The van der Waals surface area contributed by atoms with Crippen LogP contribution in [0.25, 0.3) is 10.4 Å². The summed E-state index contributed by atoms with van der Waals surface area (Å²) in [5.41, 5.74) is 9.97. The maximum absolute atomic E-state index is 12.4. The molecule has 0 radical (unpaired) electrons. The van der Waals surface area contributed by atoms with Gasteiger partial charge in [0.1, 0.15) is 23.7 Å². The van der Waals surface area contributed by atoms with E-state index in [1.165, 1.54) is 18.9 Å². The Morgan fingerprint density at radius 3 is 2.76 bits per heavy atom. The number of thioether (sulfide) groups is 1. The highest BCUT2D eigenvalue weighted by atomic mass is 35.5. The van der Waals surface area contributed by atoms with E-state index in [0.717, 1.165) is 5.56 Å². The van der Waals surface area contributed by atoms with Crippen LogP contribution >= 0.6 is 23.4 Å². The summed E-state index contributed by atoms with van der Waals surface area (Å²) < 4.78 is 24.1. The number of nitrogens with zero attached hydrogens (tertiary/aromatic N) is 3. The van der Waals surface area contributed by atoms with Gasteiger partial charge in [0, 0.05) is 34.6 Å². The highest BCUT2D eigenvalue weighted by Crippen LogP contribution is 2.42. The number of benzene rings is 2. The summed E-state index contributed by atoms with van der Waals surface area (Å²) in [5, 5.41) is 7.11. The largest absolute Gasteiger partial charge is 0.377 e. The van der Waals surface area contributed by atoms with Crippen molar-refractivity contribution in [3.8, 4) is 0 Å². The first-order valence-corrected chi connectivity index (χ1v) is 11.5. The second kappa shape index (κ2) is 10.8. The maximum atomic E-state index is 12.4. The van der Waals surface area contributed by atoms with Crippen LogP contribution in [0.5, 0.6) is 0 Å². The number of azide groups is 1. The molecule has 6 atom stereocenters. The normalized spacial score (nSPS) is 28.9. The average Bonchev–Trinajstić information content (AvgIpc) is 2.84. The molecular weight excluding hydrogens is 468 g/mol. The van der Waals surface area contributed by atoms with E-state index in [2.05, 4.69) is 15.3 Å². The van der Waals surface area contributed by atoms with E-state index in [9.17, 15) is 10.3 Å². The van der Waals surface area contributed by atoms with E-state index in [1.807, 2.05) is 30.3 Å². The van der Waals surface area contributed by atoms with Gasteiger partial charge >= 0.3 is 0 Å². The minimum absolute atomic E-state index is 0.243. The molecule has 2 aromatic rings. The van der Waals surface area contributed by atoms with Gasteiger partial charge < -0.3 is 24.3 Å². The Morgan fingerprint density at radius 2 is 2.06 bits per heavy atom. The molecule has 0 spiro atoms. The molecule has 4 rings (SSSR count). The van der Waals surface area contributed by atoms with Crippen molar-refractivity contribution in [1.29, 1.82) is 0 Å². The van der Waals surface area contributed by atoms with Crippen molar-refractivity contribution < 1.29 is 23.7 Å². The Kier molecular flexibility index (Phi) is 7.77. The molecule has 1 amide bonds. The van der Waals surface area contributed by atoms with E-state index in [0.29, 0.717) is 15.5 Å². The minimum atomic E-state index is -0.672. The molecule has 9 nitrogen and oxygen atoms in total. The Bertz CT molecular complexity index is 1040. The lowest BCUT2D eigenvalue weighted by Crippen LogP contribution is -2.60. The Labute approximate surface area is 200 Å². The third-order valence-electron chi connectivity index (χ3n) is 5.50. The summed E-state index contributed by atoms with van der Waals surface area (Å²) in [6, 6.07) is 13.8. The Morgan fingerprint density at radius 1 is 1.27 bits per heavy atom. The van der Waals surface area contributed by atoms with Crippen molar-refractivity contribution in [2.45, 2.75) is 41.0 Å². The maximum Gasteiger partial charge on any atom is 0.252 e. The molecule has 2 aromatic carbocycles. The SMILES string of the molecule is CNC(=O)c1ccc(Cl)cc1S[C@H]1OC2COC(c3ccccc3)O[C@@H]2C(N=[N+]=[N-])C1OC. The molecule has 0 aliphatic carbocycles. The number of halogens is 1. The van der Waals surface area contributed by atoms with Crippen molar-refractivity contribution in [2.24, 2.45) is 5.11 Å². The van der Waals surface area contributed by atoms with E-state index in [1.54, 1.807) is 25.2 Å². The molecule has 2 saturated heterocycles. The Hall–Kier alpha value is -2.30. The van der Waals surface area contributed by atoms with Crippen LogP contribution in [-0.4, -0.2) is 56.5 Å². The van der Waals surface area contributed by atoms with Crippen LogP contribution in [0.4, 0.5) is 0 Å². The molecule has 0 saturated carbocycles. The van der Waals surface area contributed by atoms with Crippen LogP contribution < -0.4 is 5.32 Å². The fraction of sp³-hybridized carbons (Fsp3) is 0.409. The smallest absolute Gasteiger partial charge is 0.252 e. The summed E-state index contributed by atoms with van der Waals surface area (Å²) >= 11 is 7.47. The van der Waals surface area contributed by atoms with Crippen molar-refractivity contribution in [1.82, 2.24) is 5.32 Å². The van der Waals surface area contributed by atoms with E-state index >= 15 is 0 Å². The van der Waals surface area contributed by atoms with E-state index < -0.39 is 36.1 Å². The predicted molar refractivity (Wildman–Crippen MR) is 123 cm³/mol. The molecule has 33 heavy (non-hydrogen) atoms. The van der Waals surface area contributed by atoms with Gasteiger partial charge in [0.05, 0.1) is 18.2 Å². The number of amides is 1. The standard InChI is InChI=1S/C22H23ClN4O5S/c1-25-20(28)14-9-8-13(23)10-16(14)33-22-19(29-2)17(26-27-24)18-15(31-22)11-30-21(32-18)12-6-4-3-5-7-12/h3-10,15,17-19,21-22H,11H2,1-2H3,(H,25,28)/t15?,17?,18-,19?,21?,22+/m0/s1. The van der Waals surface area contributed by atoms with E-state index in [-0.39, 0.29) is 12.5 Å². The molecule has 174 valence electrons. The number of fused-ring (bicyclic) bond motifs is 1. The minimum Gasteiger partial charge on any atom is -0.377 e. The van der Waals surface area contributed by atoms with E-state index in [4.69, 9.17) is 30.5 Å². The number of ether oxygens (including phenoxy) is 4. The number of hydrogen-bond acceptors (Lipinski definition) is 7. The van der Waals surface area contributed by atoms with Gasteiger partial charge in [0.2, 0.25) is 0 Å². The third-order valence-corrected chi connectivity index (χ3v) is 6.94. The molecule has 11 heteroatoms. The summed E-state index contributed by atoms with van der Waals surface area (Å²) in [5.74, 6) is -0.251. The zero-order valence-electron chi connectivity index (χ0n) is 18.0. The average molecular weight is 491 g/mol. The third kappa shape index (κ3) is 5.12. The molecule has 2 aliphatic heterocycles. The quantitative estimate of drug-likeness (QED) is 0.366. The Balaban J connectivity index is 1.61. The first kappa shape index (κ1) is 23.8. The highest BCUT2D eigenvalue weighted by molar-refractivity contribution is 8.00. The lowest BCUT2D eigenvalue weighted by molar-refractivity contribution is -0.298. The van der Waals surface area contributed by atoms with Crippen molar-refractivity contribution in [3.05, 3.63) is 75.1 Å². The van der Waals surface area contributed by atoms with Crippen molar-refractivity contribution >= 4 is 29.3 Å². The second-order valence-electron chi connectivity index (χ2n) is 7.45. The number of methoxy groups -OCH3 is 1. The van der Waals surface area contributed by atoms with Gasteiger partial charge in [-0.2, -0.15) is 0 Å². The van der Waals surface area contributed by atoms with Gasteiger partial charge in [-0.25, -0.2) is 0 Å². The van der Waals surface area contributed by atoms with Crippen molar-refractivity contribution in [2.75, 3.05) is 20.8 Å². The van der Waals surface area contributed by atoms with Gasteiger partial charge in [0.15, 0.2) is 6.29 Å². The lowest BCUT2D eigenvalue weighted by Gasteiger charge is -2.47. The van der Waals surface area contributed by atoms with Crippen LogP contribution in [0, 0.1) is 0 Å². The van der Waals surface area contributed by atoms with Crippen LogP contribution in [0.3, 0.4) is 0 Å². The topological polar surface area (TPSA) is 115 Å². The zero-order chi connectivity index (χ0) is 23.4. The first-order chi connectivity index (χ1) is 16.0. The molecule has 2 heterocycles. The molecule has 0 aromatic heterocycles. The predicted octanol–water partition coefficient (Wildman–Crippen LogP) is 4.32. The summed E-state index contributed by atoms with van der Waals surface area (Å²) in [6.45, 7) is 0.243. The number of carbonyl (C=O) groups excluding carboxylic acids is 1. The van der Waals surface area contributed by atoms with Gasteiger partial charge in [0.25, 0.3) is 5.91 Å². The number of hydrogen-bond donors (Lipinski definition) is 1. The second-order valence-corrected chi connectivity index (χ2v) is 9.03. The van der Waals surface area contributed by atoms with Crippen molar-refractivity contribution in [3.63, 3.8) is 0 Å². The summed E-state index contributed by atoms with van der Waals surface area (Å²) in [4.78, 5) is 16.0. The van der Waals surface area contributed by atoms with Crippen LogP contribution in [-0.2, 0) is 18.9 Å². The summed E-state index contributed by atoms with van der Waals surface area (Å²) in [6.07, 6.45) is -2.31. The van der Waals surface area contributed by atoms with Gasteiger partial charge in [-0.15, -0.1) is 0 Å². The molecule has 0 bridgehead atoms. The monoisotopic (exact) mass is 490 g/mol.